The Morgan fingerprint density at radius 2 is 1.39 bits per heavy atom. The molecule has 3 atom stereocenters. The fourth-order valence-corrected chi connectivity index (χ4v) is 10.9. The Morgan fingerprint density at radius 1 is 0.895 bits per heavy atom. The summed E-state index contributed by atoms with van der Waals surface area (Å²) in [5.74, 6) is -0.936. The Labute approximate surface area is 230 Å². The second-order valence-corrected chi connectivity index (χ2v) is 21.7. The van der Waals surface area contributed by atoms with E-state index < -0.39 is 34.8 Å². The van der Waals surface area contributed by atoms with E-state index in [9.17, 15) is 9.59 Å². The quantitative estimate of drug-likeness (QED) is 0.329. The number of hydrogen-bond donors (Lipinski definition) is 0. The summed E-state index contributed by atoms with van der Waals surface area (Å²) in [4.78, 5) is 26.2. The van der Waals surface area contributed by atoms with E-state index in [1.54, 1.807) is 0 Å². The summed E-state index contributed by atoms with van der Waals surface area (Å²) in [5, 5.41) is 1.68. The van der Waals surface area contributed by atoms with Crippen LogP contribution in [-0.4, -0.2) is 54.0 Å². The number of ether oxygens (including phenoxy) is 2. The van der Waals surface area contributed by atoms with Crippen molar-refractivity contribution in [1.82, 2.24) is 0 Å². The fraction of sp³-hybridized carbons (Fsp3) is 0.533. The fourth-order valence-electron chi connectivity index (χ4n) is 4.94. The number of rotatable bonds is 8. The van der Waals surface area contributed by atoms with Gasteiger partial charge in [-0.05, 0) is 33.5 Å². The Kier molecular flexibility index (Phi) is 9.13. The lowest BCUT2D eigenvalue weighted by Crippen LogP contribution is -2.69. The molecule has 0 bridgehead atoms. The summed E-state index contributed by atoms with van der Waals surface area (Å²) < 4.78 is 24.8. The number of carbonyl (C=O) groups excluding carboxylic acids is 2. The lowest BCUT2D eigenvalue weighted by Gasteiger charge is -2.46. The van der Waals surface area contributed by atoms with Gasteiger partial charge in [-0.2, -0.15) is 0 Å². The lowest BCUT2D eigenvalue weighted by molar-refractivity contribution is -0.175. The van der Waals surface area contributed by atoms with Crippen LogP contribution in [0, 0.1) is 0 Å². The summed E-state index contributed by atoms with van der Waals surface area (Å²) in [6.07, 6.45) is -1.73. The second kappa shape index (κ2) is 11.5. The molecule has 1 heterocycles. The summed E-state index contributed by atoms with van der Waals surface area (Å²) in [6, 6.07) is 20.2. The monoisotopic (exact) mass is 556 g/mol. The van der Waals surface area contributed by atoms with E-state index in [-0.39, 0.29) is 28.6 Å². The normalized spacial score (nSPS) is 20.0. The van der Waals surface area contributed by atoms with Crippen molar-refractivity contribution in [2.45, 2.75) is 95.9 Å². The van der Waals surface area contributed by atoms with Gasteiger partial charge >= 0.3 is 11.9 Å². The zero-order valence-electron chi connectivity index (χ0n) is 24.4. The number of methoxy groups -OCH3 is 1. The van der Waals surface area contributed by atoms with Crippen LogP contribution >= 0.6 is 0 Å². The van der Waals surface area contributed by atoms with E-state index in [1.165, 1.54) is 7.11 Å². The minimum absolute atomic E-state index is 0.0168. The highest BCUT2D eigenvalue weighted by Gasteiger charge is 2.55. The lowest BCUT2D eigenvalue weighted by atomic mass is 10.0. The van der Waals surface area contributed by atoms with E-state index in [2.05, 4.69) is 78.9 Å². The molecule has 0 unspecified atom stereocenters. The molecule has 0 aromatic heterocycles. The summed E-state index contributed by atoms with van der Waals surface area (Å²) >= 11 is 0. The number of benzene rings is 2. The van der Waals surface area contributed by atoms with Crippen LogP contribution in [0.15, 0.2) is 60.7 Å². The predicted molar refractivity (Wildman–Crippen MR) is 156 cm³/mol. The van der Waals surface area contributed by atoms with Gasteiger partial charge in [0.1, 0.15) is 6.10 Å². The van der Waals surface area contributed by atoms with Crippen molar-refractivity contribution in [2.75, 3.05) is 7.11 Å². The van der Waals surface area contributed by atoms with Gasteiger partial charge in [0.15, 0.2) is 14.4 Å². The van der Waals surface area contributed by atoms with Crippen LogP contribution in [0.4, 0.5) is 0 Å². The molecular formula is C30H44O6Si2. The standard InChI is InChI=1S/C30H44O6Si2/c1-29(2,3)37(8,9)35-22-20-25(34-26(31)21-22)27(28(32)33-7)36-38(30(4,5)6,23-16-12-10-13-17-23)24-18-14-11-15-19-24/h10-19,22,25,27H,20-21H2,1-9H3/t22-,25+,27-/m0/s1. The maximum atomic E-state index is 13.4. The topological polar surface area (TPSA) is 71.1 Å². The van der Waals surface area contributed by atoms with Gasteiger partial charge in [-0.25, -0.2) is 4.79 Å². The molecule has 2 aromatic rings. The molecule has 0 saturated carbocycles. The first kappa shape index (κ1) is 30.3. The highest BCUT2D eigenvalue weighted by atomic mass is 28.4. The molecule has 8 heteroatoms. The predicted octanol–water partition coefficient (Wildman–Crippen LogP) is 5.20. The number of cyclic esters (lactones) is 1. The van der Waals surface area contributed by atoms with Crippen LogP contribution in [0.3, 0.4) is 0 Å². The highest BCUT2D eigenvalue weighted by Crippen LogP contribution is 2.41. The summed E-state index contributed by atoms with van der Waals surface area (Å²) in [6.45, 7) is 17.3. The molecule has 0 amide bonds. The maximum Gasteiger partial charge on any atom is 0.337 e. The van der Waals surface area contributed by atoms with Crippen LogP contribution in [-0.2, 0) is 27.9 Å². The van der Waals surface area contributed by atoms with Crippen molar-refractivity contribution in [3.05, 3.63) is 60.7 Å². The number of carbonyl (C=O) groups is 2. The van der Waals surface area contributed by atoms with E-state index in [4.69, 9.17) is 18.3 Å². The summed E-state index contributed by atoms with van der Waals surface area (Å²) in [7, 11) is -3.93. The molecule has 2 aromatic carbocycles. The second-order valence-electron chi connectivity index (χ2n) is 12.7. The summed E-state index contributed by atoms with van der Waals surface area (Å²) in [5.41, 5.74) is 0. The first-order valence-electron chi connectivity index (χ1n) is 13.4. The van der Waals surface area contributed by atoms with Crippen LogP contribution in [0.5, 0.6) is 0 Å². The zero-order valence-corrected chi connectivity index (χ0v) is 26.4. The van der Waals surface area contributed by atoms with E-state index in [1.807, 2.05) is 36.4 Å². The third kappa shape index (κ3) is 6.30. The largest absolute Gasteiger partial charge is 0.467 e. The smallest absolute Gasteiger partial charge is 0.337 e. The van der Waals surface area contributed by atoms with Crippen LogP contribution < -0.4 is 10.4 Å². The maximum absolute atomic E-state index is 13.4. The van der Waals surface area contributed by atoms with E-state index in [0.717, 1.165) is 10.4 Å². The van der Waals surface area contributed by atoms with Crippen molar-refractivity contribution < 1.29 is 27.9 Å². The average molecular weight is 557 g/mol. The molecule has 0 N–H and O–H groups in total. The van der Waals surface area contributed by atoms with Gasteiger partial charge in [-0.1, -0.05) is 102 Å². The number of esters is 2. The third-order valence-corrected chi connectivity index (χ3v) is 17.5. The van der Waals surface area contributed by atoms with Gasteiger partial charge in [0.2, 0.25) is 0 Å². The Balaban J connectivity index is 2.09. The molecule has 38 heavy (non-hydrogen) atoms. The van der Waals surface area contributed by atoms with Crippen LogP contribution in [0.1, 0.15) is 54.4 Å². The zero-order chi connectivity index (χ0) is 28.4. The van der Waals surface area contributed by atoms with E-state index >= 15 is 0 Å². The molecule has 0 spiro atoms. The van der Waals surface area contributed by atoms with Crippen LogP contribution in [0.25, 0.3) is 0 Å². The minimum atomic E-state index is -3.12. The van der Waals surface area contributed by atoms with Gasteiger partial charge in [0.05, 0.1) is 19.6 Å². The molecule has 0 aliphatic carbocycles. The van der Waals surface area contributed by atoms with Crippen molar-refractivity contribution in [1.29, 1.82) is 0 Å². The molecule has 1 aliphatic rings. The van der Waals surface area contributed by atoms with Gasteiger partial charge in [0.25, 0.3) is 8.32 Å². The molecule has 3 rings (SSSR count). The molecule has 1 fully saturated rings. The molecule has 1 aliphatic heterocycles. The van der Waals surface area contributed by atoms with Gasteiger partial charge in [-0.3, -0.25) is 4.79 Å². The van der Waals surface area contributed by atoms with E-state index in [0.29, 0.717) is 6.42 Å². The van der Waals surface area contributed by atoms with Crippen LogP contribution in [0.2, 0.25) is 23.2 Å². The minimum Gasteiger partial charge on any atom is -0.467 e. The molecule has 208 valence electrons. The average Bonchev–Trinajstić information content (AvgIpc) is 2.83. The number of hydrogen-bond acceptors (Lipinski definition) is 6. The molecule has 6 nitrogen and oxygen atoms in total. The molecule has 1 saturated heterocycles. The SMILES string of the molecule is COC(=O)[C@@H](O[Si](c1ccccc1)(c1ccccc1)C(C)(C)C)[C@H]1C[C@H](O[Si](C)(C)C(C)(C)C)CC(=O)O1. The Bertz CT molecular complexity index is 1050. The van der Waals surface area contributed by atoms with Gasteiger partial charge in [0, 0.05) is 6.42 Å². The van der Waals surface area contributed by atoms with Crippen molar-refractivity contribution in [2.24, 2.45) is 0 Å². The highest BCUT2D eigenvalue weighted by molar-refractivity contribution is 6.99. The van der Waals surface area contributed by atoms with Crippen molar-refractivity contribution in [3.63, 3.8) is 0 Å². The van der Waals surface area contributed by atoms with Crippen molar-refractivity contribution in [3.8, 4) is 0 Å². The molecular weight excluding hydrogens is 512 g/mol. The third-order valence-electron chi connectivity index (χ3n) is 7.93. The van der Waals surface area contributed by atoms with Gasteiger partial charge in [-0.15, -0.1) is 0 Å². The first-order valence-corrected chi connectivity index (χ1v) is 18.2. The van der Waals surface area contributed by atoms with Crippen molar-refractivity contribution >= 4 is 38.9 Å². The Morgan fingerprint density at radius 3 is 1.82 bits per heavy atom. The Hall–Kier alpha value is -2.27. The first-order chi connectivity index (χ1) is 17.6. The molecule has 0 radical (unpaired) electrons. The van der Waals surface area contributed by atoms with Gasteiger partial charge < -0.3 is 18.3 Å².